The van der Waals surface area contributed by atoms with Gasteiger partial charge in [0.2, 0.25) is 15.8 Å². The molecule has 0 saturated carbocycles. The first-order chi connectivity index (χ1) is 13.9. The number of aromatic amines is 1. The van der Waals surface area contributed by atoms with Crippen LogP contribution in [-0.4, -0.2) is 43.6 Å². The molecule has 0 unspecified atom stereocenters. The van der Waals surface area contributed by atoms with Crippen molar-refractivity contribution < 1.29 is 22.7 Å². The van der Waals surface area contributed by atoms with Crippen LogP contribution in [0.2, 0.25) is 0 Å². The summed E-state index contributed by atoms with van der Waals surface area (Å²) in [7, 11) is -3.35. The number of benzene rings is 2. The van der Waals surface area contributed by atoms with Crippen molar-refractivity contribution in [1.29, 1.82) is 0 Å². The smallest absolute Gasteiger partial charge is 0.338 e. The van der Waals surface area contributed by atoms with E-state index in [-0.39, 0.29) is 17.1 Å². The normalized spacial score (nSPS) is 16.7. The Morgan fingerprint density at radius 3 is 2.69 bits per heavy atom. The van der Waals surface area contributed by atoms with Crippen molar-refractivity contribution >= 4 is 38.4 Å². The molecule has 0 aliphatic carbocycles. The Hall–Kier alpha value is -3.13. The van der Waals surface area contributed by atoms with Crippen LogP contribution in [0.15, 0.2) is 54.7 Å². The molecule has 1 N–H and O–H groups in total. The molecule has 1 atom stereocenters. The largest absolute Gasteiger partial charge is 0.451 e. The van der Waals surface area contributed by atoms with E-state index in [0.717, 1.165) is 10.9 Å². The molecule has 0 spiro atoms. The number of Topliss-reactive ketones (excluding diaryl/α,β-unsaturated/α-hetero) is 1. The van der Waals surface area contributed by atoms with Crippen LogP contribution >= 0.6 is 0 Å². The number of nitrogens with zero attached hydrogens (tertiary/aromatic N) is 1. The number of ether oxygens (including phenoxy) is 1. The van der Waals surface area contributed by atoms with Crippen LogP contribution in [0.4, 0.5) is 5.69 Å². The fraction of sp³-hybridized carbons (Fsp3) is 0.238. The number of hydrogen-bond donors (Lipinski definition) is 1. The van der Waals surface area contributed by atoms with E-state index >= 15 is 0 Å². The van der Waals surface area contributed by atoms with Crippen LogP contribution in [0, 0.1) is 0 Å². The second kappa shape index (κ2) is 7.36. The molecule has 2 heterocycles. The highest BCUT2D eigenvalue weighted by molar-refractivity contribution is 7.93. The van der Waals surface area contributed by atoms with Gasteiger partial charge in [0.25, 0.3) is 0 Å². The molecule has 2 aromatic carbocycles. The Morgan fingerprint density at radius 1 is 1.14 bits per heavy atom. The molecule has 0 bridgehead atoms. The van der Waals surface area contributed by atoms with E-state index in [0.29, 0.717) is 24.2 Å². The minimum absolute atomic E-state index is 0.0951. The molecule has 1 aliphatic heterocycles. The maximum atomic E-state index is 12.8. The molecular weight excluding hydrogens is 392 g/mol. The third-order valence-corrected chi connectivity index (χ3v) is 6.85. The highest BCUT2D eigenvalue weighted by Crippen LogP contribution is 2.25. The van der Waals surface area contributed by atoms with Gasteiger partial charge >= 0.3 is 5.97 Å². The lowest BCUT2D eigenvalue weighted by molar-refractivity contribution is 0.0319. The number of fused-ring (bicyclic) bond motifs is 1. The number of carbonyl (C=O) groups excluding carboxylic acids is 2. The number of nitrogens with one attached hydrogen (secondary N) is 1. The minimum Gasteiger partial charge on any atom is -0.451 e. The summed E-state index contributed by atoms with van der Waals surface area (Å²) in [6, 6.07) is 13.7. The molecule has 150 valence electrons. The summed E-state index contributed by atoms with van der Waals surface area (Å²) in [6.45, 7) is 1.91. The zero-order valence-electron chi connectivity index (χ0n) is 15.8. The fourth-order valence-corrected chi connectivity index (χ4v) is 5.05. The topological polar surface area (TPSA) is 96.5 Å². The van der Waals surface area contributed by atoms with E-state index < -0.39 is 22.1 Å². The minimum atomic E-state index is -3.35. The Balaban J connectivity index is 1.52. The van der Waals surface area contributed by atoms with Gasteiger partial charge in [0.05, 0.1) is 17.0 Å². The molecule has 4 rings (SSSR count). The SMILES string of the molecule is C[C@H](OC(=O)c1cccc(N2CCCS2(=O)=O)c1)C(=O)c1c[nH]c2ccccc12. The predicted molar refractivity (Wildman–Crippen MR) is 110 cm³/mol. The summed E-state index contributed by atoms with van der Waals surface area (Å²) < 4.78 is 30.9. The van der Waals surface area contributed by atoms with Crippen molar-refractivity contribution in [3.63, 3.8) is 0 Å². The van der Waals surface area contributed by atoms with Gasteiger partial charge in [-0.05, 0) is 37.6 Å². The van der Waals surface area contributed by atoms with E-state index in [1.54, 1.807) is 18.3 Å². The lowest BCUT2D eigenvalue weighted by Gasteiger charge is -2.18. The van der Waals surface area contributed by atoms with Crippen molar-refractivity contribution in [2.45, 2.75) is 19.4 Å². The second-order valence-corrected chi connectivity index (χ2v) is 8.96. The average Bonchev–Trinajstić information content (AvgIpc) is 3.30. The zero-order chi connectivity index (χ0) is 20.6. The Morgan fingerprint density at radius 2 is 1.93 bits per heavy atom. The molecule has 1 fully saturated rings. The van der Waals surface area contributed by atoms with Gasteiger partial charge in [-0.25, -0.2) is 13.2 Å². The first-order valence-electron chi connectivity index (χ1n) is 9.28. The van der Waals surface area contributed by atoms with E-state index in [9.17, 15) is 18.0 Å². The Labute approximate surface area is 168 Å². The number of sulfonamides is 1. The standard InChI is InChI=1S/C21H20N2O5S/c1-14(20(24)18-13-22-19-9-3-2-8-17(18)19)28-21(25)15-6-4-7-16(12-15)23-10-5-11-29(23,26)27/h2-4,6-9,12-14,22H,5,10-11H2,1H3/t14-/m0/s1. The van der Waals surface area contributed by atoms with E-state index in [1.807, 2.05) is 24.3 Å². The van der Waals surface area contributed by atoms with Crippen LogP contribution in [0.1, 0.15) is 34.1 Å². The summed E-state index contributed by atoms with van der Waals surface area (Å²) >= 11 is 0. The molecule has 7 nitrogen and oxygen atoms in total. The van der Waals surface area contributed by atoms with E-state index in [1.165, 1.54) is 23.4 Å². The molecule has 0 amide bonds. The fourth-order valence-electron chi connectivity index (χ4n) is 3.49. The quantitative estimate of drug-likeness (QED) is 0.513. The number of H-pyrrole nitrogens is 1. The predicted octanol–water partition coefficient (Wildman–Crippen LogP) is 3.14. The maximum absolute atomic E-state index is 12.8. The molecule has 8 heteroatoms. The van der Waals surface area contributed by atoms with Gasteiger partial charge in [0, 0.05) is 29.2 Å². The molecule has 0 radical (unpaired) electrons. The summed E-state index contributed by atoms with van der Waals surface area (Å²) in [5.41, 5.74) is 1.91. The zero-order valence-corrected chi connectivity index (χ0v) is 16.6. The van der Waals surface area contributed by atoms with Gasteiger partial charge < -0.3 is 9.72 Å². The van der Waals surface area contributed by atoms with Gasteiger partial charge in [0.15, 0.2) is 6.10 Å². The third-order valence-electron chi connectivity index (χ3n) is 4.98. The van der Waals surface area contributed by atoms with Crippen molar-refractivity contribution in [3.8, 4) is 0 Å². The molecule has 29 heavy (non-hydrogen) atoms. The number of hydrogen-bond acceptors (Lipinski definition) is 5. The van der Waals surface area contributed by atoms with Crippen molar-refractivity contribution in [2.24, 2.45) is 0 Å². The van der Waals surface area contributed by atoms with E-state index in [2.05, 4.69) is 4.98 Å². The second-order valence-electron chi connectivity index (χ2n) is 6.95. The van der Waals surface area contributed by atoms with Gasteiger partial charge in [-0.1, -0.05) is 24.3 Å². The van der Waals surface area contributed by atoms with Crippen molar-refractivity contribution in [2.75, 3.05) is 16.6 Å². The van der Waals surface area contributed by atoms with Crippen molar-refractivity contribution in [1.82, 2.24) is 4.98 Å². The highest BCUT2D eigenvalue weighted by Gasteiger charge is 2.29. The van der Waals surface area contributed by atoms with Crippen LogP contribution in [0.5, 0.6) is 0 Å². The van der Waals surface area contributed by atoms with Gasteiger partial charge in [-0.15, -0.1) is 0 Å². The molecule has 1 saturated heterocycles. The molecule has 3 aromatic rings. The number of rotatable bonds is 5. The highest BCUT2D eigenvalue weighted by atomic mass is 32.2. The monoisotopic (exact) mass is 412 g/mol. The molecular formula is C21H20N2O5S. The Bertz CT molecular complexity index is 1200. The molecule has 1 aliphatic rings. The van der Waals surface area contributed by atoms with Crippen molar-refractivity contribution in [3.05, 3.63) is 65.9 Å². The third kappa shape index (κ3) is 3.63. The Kier molecular flexibility index (Phi) is 4.87. The van der Waals surface area contributed by atoms with E-state index in [4.69, 9.17) is 4.74 Å². The van der Waals surface area contributed by atoms with Crippen LogP contribution < -0.4 is 4.31 Å². The lowest BCUT2D eigenvalue weighted by atomic mass is 10.1. The first-order valence-corrected chi connectivity index (χ1v) is 10.9. The summed E-state index contributed by atoms with van der Waals surface area (Å²) in [4.78, 5) is 28.4. The van der Waals surface area contributed by atoms with Gasteiger partial charge in [0.1, 0.15) is 0 Å². The van der Waals surface area contributed by atoms with Crippen LogP contribution in [0.25, 0.3) is 10.9 Å². The number of ketones is 1. The first kappa shape index (κ1) is 19.2. The van der Waals surface area contributed by atoms with Gasteiger partial charge in [-0.3, -0.25) is 9.10 Å². The van der Waals surface area contributed by atoms with Gasteiger partial charge in [-0.2, -0.15) is 0 Å². The lowest BCUT2D eigenvalue weighted by Crippen LogP contribution is -2.26. The number of anilines is 1. The molecule has 1 aromatic heterocycles. The van der Waals surface area contributed by atoms with Crippen LogP contribution in [-0.2, 0) is 14.8 Å². The van der Waals surface area contributed by atoms with Crippen LogP contribution in [0.3, 0.4) is 0 Å². The average molecular weight is 412 g/mol. The number of aromatic nitrogens is 1. The summed E-state index contributed by atoms with van der Waals surface area (Å²) in [5.74, 6) is -0.893. The summed E-state index contributed by atoms with van der Waals surface area (Å²) in [6.07, 6.45) is 1.17. The number of para-hydroxylation sites is 1. The number of esters is 1. The number of carbonyl (C=O) groups is 2. The summed E-state index contributed by atoms with van der Waals surface area (Å²) in [5, 5.41) is 0.765. The maximum Gasteiger partial charge on any atom is 0.338 e.